The zero-order valence-electron chi connectivity index (χ0n) is 20.5. The van der Waals surface area contributed by atoms with Gasteiger partial charge in [0.1, 0.15) is 5.76 Å². The van der Waals surface area contributed by atoms with Crippen molar-refractivity contribution in [1.29, 1.82) is 0 Å². The zero-order valence-corrected chi connectivity index (χ0v) is 20.5. The summed E-state index contributed by atoms with van der Waals surface area (Å²) < 4.78 is 0. The number of H-pyrrole nitrogens is 1. The number of rotatable bonds is 6. The molecule has 2 N–H and O–H groups in total. The van der Waals surface area contributed by atoms with Gasteiger partial charge in [-0.05, 0) is 47.9 Å². The Kier molecular flexibility index (Phi) is 6.31. The number of benzene rings is 2. The van der Waals surface area contributed by atoms with E-state index in [1.165, 1.54) is 16.0 Å². The molecular weight excluding hydrogens is 468 g/mol. The third-order valence-corrected chi connectivity index (χ3v) is 6.65. The molecule has 2 amide bonds. The van der Waals surface area contributed by atoms with Crippen molar-refractivity contribution >= 4 is 34.3 Å². The Balaban J connectivity index is 1.55. The summed E-state index contributed by atoms with van der Waals surface area (Å²) in [4.78, 5) is 49.2. The van der Waals surface area contributed by atoms with Gasteiger partial charge < -0.3 is 19.9 Å². The number of aliphatic hydroxyl groups is 1. The summed E-state index contributed by atoms with van der Waals surface area (Å²) in [6, 6.07) is 17.2. The van der Waals surface area contributed by atoms with Gasteiger partial charge in [0.15, 0.2) is 0 Å². The van der Waals surface area contributed by atoms with Gasteiger partial charge in [-0.15, -0.1) is 0 Å². The number of fused-ring (bicyclic) bond motifs is 1. The molecule has 3 heterocycles. The summed E-state index contributed by atoms with van der Waals surface area (Å²) in [5.74, 6) is -1.86. The van der Waals surface area contributed by atoms with Crippen LogP contribution in [0.3, 0.4) is 0 Å². The number of para-hydroxylation sites is 1. The van der Waals surface area contributed by atoms with E-state index in [1.807, 2.05) is 30.5 Å². The molecule has 0 aliphatic carbocycles. The van der Waals surface area contributed by atoms with Crippen LogP contribution in [0.15, 0.2) is 84.8 Å². The van der Waals surface area contributed by atoms with Crippen molar-refractivity contribution < 1.29 is 19.5 Å². The van der Waals surface area contributed by atoms with E-state index in [4.69, 9.17) is 0 Å². The first-order chi connectivity index (χ1) is 17.9. The van der Waals surface area contributed by atoms with Crippen LogP contribution in [0.1, 0.15) is 33.1 Å². The number of nitrogens with zero attached hydrogens (tertiary/aromatic N) is 3. The lowest BCUT2D eigenvalue weighted by Crippen LogP contribution is -2.31. The number of carbonyl (C=O) groups excluding carboxylic acids is 3. The number of carbonyl (C=O) groups is 3. The first kappa shape index (κ1) is 24.0. The third-order valence-electron chi connectivity index (χ3n) is 6.65. The van der Waals surface area contributed by atoms with E-state index >= 15 is 0 Å². The normalized spacial score (nSPS) is 16.9. The van der Waals surface area contributed by atoms with E-state index in [9.17, 15) is 19.5 Å². The minimum Gasteiger partial charge on any atom is -0.507 e. The van der Waals surface area contributed by atoms with Crippen LogP contribution in [-0.2, 0) is 16.0 Å². The van der Waals surface area contributed by atoms with Gasteiger partial charge in [0, 0.05) is 61.3 Å². The lowest BCUT2D eigenvalue weighted by molar-refractivity contribution is -0.139. The fourth-order valence-corrected chi connectivity index (χ4v) is 4.76. The van der Waals surface area contributed by atoms with Crippen LogP contribution in [0.2, 0.25) is 0 Å². The molecule has 37 heavy (non-hydrogen) atoms. The number of amides is 2. The quantitative estimate of drug-likeness (QED) is 0.240. The molecule has 2 aromatic heterocycles. The van der Waals surface area contributed by atoms with E-state index in [0.29, 0.717) is 23.1 Å². The maximum absolute atomic E-state index is 13.3. The van der Waals surface area contributed by atoms with Crippen LogP contribution in [0.4, 0.5) is 0 Å². The first-order valence-electron chi connectivity index (χ1n) is 11.9. The van der Waals surface area contributed by atoms with Crippen molar-refractivity contribution in [2.45, 2.75) is 12.5 Å². The number of nitrogens with one attached hydrogen (secondary N) is 1. The summed E-state index contributed by atoms with van der Waals surface area (Å²) in [7, 11) is 3.34. The summed E-state index contributed by atoms with van der Waals surface area (Å²) in [6.07, 6.45) is 5.43. The molecule has 1 aliphatic rings. The highest BCUT2D eigenvalue weighted by Crippen LogP contribution is 2.39. The molecule has 0 saturated carbocycles. The Morgan fingerprint density at radius 3 is 2.49 bits per heavy atom. The predicted molar refractivity (Wildman–Crippen MR) is 140 cm³/mol. The van der Waals surface area contributed by atoms with E-state index in [2.05, 4.69) is 9.97 Å². The number of aromatic amines is 1. The Hall–Kier alpha value is -4.72. The largest absolute Gasteiger partial charge is 0.507 e. The number of aromatic nitrogens is 2. The lowest BCUT2D eigenvalue weighted by Gasteiger charge is -2.25. The number of hydrogen-bond acceptors (Lipinski definition) is 5. The first-order valence-corrected chi connectivity index (χ1v) is 11.9. The summed E-state index contributed by atoms with van der Waals surface area (Å²) in [5, 5.41) is 12.2. The molecule has 1 atom stereocenters. The van der Waals surface area contributed by atoms with Crippen molar-refractivity contribution in [3.63, 3.8) is 0 Å². The second-order valence-electron chi connectivity index (χ2n) is 9.17. The molecule has 1 aliphatic heterocycles. The average Bonchev–Trinajstić information content (AvgIpc) is 3.45. The van der Waals surface area contributed by atoms with E-state index < -0.39 is 17.7 Å². The topological polar surface area (TPSA) is 107 Å². The van der Waals surface area contributed by atoms with Gasteiger partial charge in [-0.2, -0.15) is 0 Å². The number of ketones is 1. The Morgan fingerprint density at radius 2 is 1.78 bits per heavy atom. The highest BCUT2D eigenvalue weighted by Gasteiger charge is 2.46. The zero-order chi connectivity index (χ0) is 26.1. The van der Waals surface area contributed by atoms with Crippen molar-refractivity contribution in [3.8, 4) is 0 Å². The molecule has 0 spiro atoms. The average molecular weight is 495 g/mol. The molecule has 0 bridgehead atoms. The minimum absolute atomic E-state index is 0.00335. The highest BCUT2D eigenvalue weighted by atomic mass is 16.3. The van der Waals surface area contributed by atoms with Crippen LogP contribution in [0, 0.1) is 0 Å². The van der Waals surface area contributed by atoms with Crippen molar-refractivity contribution in [2.75, 3.05) is 20.6 Å². The molecular formula is C29H26N4O4. The molecule has 0 radical (unpaired) electrons. The molecule has 5 rings (SSSR count). The fraction of sp³-hybridized carbons (Fsp3) is 0.172. The standard InChI is InChI=1S/C29H26N4O4/c1-32(2)28(36)19-11-9-18(10-12-19)25-24(26(34)21-6-5-14-30-16-21)27(35)29(37)33(25)15-13-20-17-31-23-8-4-3-7-22(20)23/h3-12,14,16-17,25,31,34H,13,15H2,1-2H3/b26-24+. The van der Waals surface area contributed by atoms with Crippen molar-refractivity contribution in [2.24, 2.45) is 0 Å². The van der Waals surface area contributed by atoms with Gasteiger partial charge >= 0.3 is 0 Å². The lowest BCUT2D eigenvalue weighted by atomic mass is 9.94. The van der Waals surface area contributed by atoms with Crippen LogP contribution in [0.25, 0.3) is 16.7 Å². The van der Waals surface area contributed by atoms with Crippen LogP contribution in [0.5, 0.6) is 0 Å². The summed E-state index contributed by atoms with van der Waals surface area (Å²) in [6.45, 7) is 0.263. The molecule has 1 unspecified atom stereocenters. The van der Waals surface area contributed by atoms with Crippen LogP contribution < -0.4 is 0 Å². The Labute approximate surface area is 213 Å². The fourth-order valence-electron chi connectivity index (χ4n) is 4.76. The number of hydrogen-bond donors (Lipinski definition) is 2. The second kappa shape index (κ2) is 9.73. The van der Waals surface area contributed by atoms with Gasteiger partial charge in [0.2, 0.25) is 0 Å². The van der Waals surface area contributed by atoms with E-state index in [0.717, 1.165) is 16.5 Å². The number of likely N-dealkylation sites (tertiary alicyclic amines) is 1. The van der Waals surface area contributed by atoms with Crippen molar-refractivity contribution in [3.05, 3.63) is 107 Å². The van der Waals surface area contributed by atoms with Gasteiger partial charge in [-0.25, -0.2) is 0 Å². The SMILES string of the molecule is CN(C)C(=O)c1ccc(C2/C(=C(\O)c3cccnc3)C(=O)C(=O)N2CCc2c[nH]c3ccccc23)cc1. The Morgan fingerprint density at radius 1 is 1.03 bits per heavy atom. The molecule has 2 aromatic carbocycles. The van der Waals surface area contributed by atoms with Crippen LogP contribution in [-0.4, -0.2) is 63.1 Å². The number of pyridine rings is 1. The second-order valence-corrected chi connectivity index (χ2v) is 9.17. The summed E-state index contributed by atoms with van der Waals surface area (Å²) >= 11 is 0. The predicted octanol–water partition coefficient (Wildman–Crippen LogP) is 3.93. The van der Waals surface area contributed by atoms with Crippen LogP contribution >= 0.6 is 0 Å². The molecule has 1 fully saturated rings. The van der Waals surface area contributed by atoms with Gasteiger partial charge in [0.05, 0.1) is 11.6 Å². The number of Topliss-reactive ketones (excluding diaryl/α,β-unsaturated/α-hetero) is 1. The van der Waals surface area contributed by atoms with Gasteiger partial charge in [0.25, 0.3) is 17.6 Å². The molecule has 1 saturated heterocycles. The maximum Gasteiger partial charge on any atom is 0.295 e. The molecule has 4 aromatic rings. The minimum atomic E-state index is -0.811. The smallest absolute Gasteiger partial charge is 0.295 e. The molecule has 8 nitrogen and oxygen atoms in total. The van der Waals surface area contributed by atoms with E-state index in [-0.39, 0.29) is 23.8 Å². The number of aliphatic hydroxyl groups excluding tert-OH is 1. The van der Waals surface area contributed by atoms with Crippen molar-refractivity contribution in [1.82, 2.24) is 19.8 Å². The monoisotopic (exact) mass is 494 g/mol. The third kappa shape index (κ3) is 4.38. The highest BCUT2D eigenvalue weighted by molar-refractivity contribution is 6.46. The molecule has 8 heteroatoms. The molecule has 186 valence electrons. The van der Waals surface area contributed by atoms with Gasteiger partial charge in [-0.1, -0.05) is 30.3 Å². The van der Waals surface area contributed by atoms with E-state index in [1.54, 1.807) is 56.7 Å². The summed E-state index contributed by atoms with van der Waals surface area (Å²) in [5.41, 5.74) is 3.48. The van der Waals surface area contributed by atoms with Gasteiger partial charge in [-0.3, -0.25) is 19.4 Å². The maximum atomic E-state index is 13.3. The Bertz CT molecular complexity index is 1520.